The van der Waals surface area contributed by atoms with Gasteiger partial charge in [0.1, 0.15) is 0 Å². The maximum absolute atomic E-state index is 12.8. The van der Waals surface area contributed by atoms with E-state index in [1.165, 1.54) is 10.4 Å². The Morgan fingerprint density at radius 2 is 1.86 bits per heavy atom. The van der Waals surface area contributed by atoms with Crippen molar-refractivity contribution in [1.82, 2.24) is 9.62 Å². The van der Waals surface area contributed by atoms with E-state index in [-0.39, 0.29) is 18.0 Å². The lowest BCUT2D eigenvalue weighted by atomic mass is 10.1. The fraction of sp³-hybridized carbons (Fsp3) is 0.333. The molecule has 0 spiro atoms. The van der Waals surface area contributed by atoms with E-state index in [9.17, 15) is 8.42 Å². The van der Waals surface area contributed by atoms with E-state index in [0.717, 1.165) is 5.56 Å². The molecular formula is C15H21ClN2O2S. The second-order valence-electron chi connectivity index (χ2n) is 4.62. The molecule has 21 heavy (non-hydrogen) atoms. The van der Waals surface area contributed by atoms with Crippen molar-refractivity contribution in [2.24, 2.45) is 0 Å². The molecule has 0 aliphatic rings. The molecule has 0 aromatic heterocycles. The van der Waals surface area contributed by atoms with Crippen molar-refractivity contribution in [3.05, 3.63) is 53.6 Å². The highest BCUT2D eigenvalue weighted by Gasteiger charge is 2.25. The Bertz CT molecular complexity index is 617. The summed E-state index contributed by atoms with van der Waals surface area (Å²) in [6.07, 6.45) is 3.10. The van der Waals surface area contributed by atoms with Crippen LogP contribution in [0.1, 0.15) is 11.1 Å². The van der Waals surface area contributed by atoms with Gasteiger partial charge in [-0.2, -0.15) is 4.31 Å². The molecule has 4 nitrogen and oxygen atoms in total. The van der Waals surface area contributed by atoms with Crippen molar-refractivity contribution in [2.45, 2.75) is 18.4 Å². The molecule has 0 unspecified atom stereocenters. The van der Waals surface area contributed by atoms with Crippen LogP contribution in [0.3, 0.4) is 0 Å². The van der Waals surface area contributed by atoms with Crippen molar-refractivity contribution in [1.29, 1.82) is 0 Å². The quantitative estimate of drug-likeness (QED) is 0.746. The molecule has 1 N–H and O–H groups in total. The Balaban J connectivity index is 3.41. The van der Waals surface area contributed by atoms with Crippen LogP contribution in [0.25, 0.3) is 0 Å². The molecule has 116 valence electrons. The fourth-order valence-corrected chi connectivity index (χ4v) is 4.03. The van der Waals surface area contributed by atoms with Gasteiger partial charge in [-0.05, 0) is 37.2 Å². The third kappa shape index (κ3) is 4.17. The number of hydrogen-bond donors (Lipinski definition) is 1. The lowest BCUT2D eigenvalue weighted by molar-refractivity contribution is 0.473. The summed E-state index contributed by atoms with van der Waals surface area (Å²) in [7, 11) is -1.84. The maximum Gasteiger partial charge on any atom is 0.243 e. The Kier molecular flexibility index (Phi) is 6.61. The van der Waals surface area contributed by atoms with Gasteiger partial charge in [0, 0.05) is 24.7 Å². The van der Waals surface area contributed by atoms with Gasteiger partial charge >= 0.3 is 0 Å². The van der Waals surface area contributed by atoms with Crippen LogP contribution < -0.4 is 5.32 Å². The molecule has 1 aromatic carbocycles. The van der Waals surface area contributed by atoms with Crippen molar-refractivity contribution in [2.75, 3.05) is 20.1 Å². The minimum Gasteiger partial charge on any atom is -0.316 e. The third-order valence-electron chi connectivity index (χ3n) is 3.08. The molecule has 0 aliphatic heterocycles. The van der Waals surface area contributed by atoms with Crippen molar-refractivity contribution < 1.29 is 8.42 Å². The molecular weight excluding hydrogens is 308 g/mol. The van der Waals surface area contributed by atoms with E-state index < -0.39 is 10.0 Å². The minimum absolute atomic E-state index is 0.224. The smallest absolute Gasteiger partial charge is 0.243 e. The predicted molar refractivity (Wildman–Crippen MR) is 88.1 cm³/mol. The summed E-state index contributed by atoms with van der Waals surface area (Å²) in [4.78, 5) is 0.226. The maximum atomic E-state index is 12.8. The van der Waals surface area contributed by atoms with E-state index in [4.69, 9.17) is 11.6 Å². The normalized spacial score (nSPS) is 11.6. The second-order valence-corrected chi connectivity index (χ2v) is 6.96. The monoisotopic (exact) mass is 328 g/mol. The highest BCUT2D eigenvalue weighted by atomic mass is 35.5. The van der Waals surface area contributed by atoms with E-state index in [0.29, 0.717) is 17.1 Å². The zero-order valence-electron chi connectivity index (χ0n) is 12.4. The van der Waals surface area contributed by atoms with Gasteiger partial charge in [-0.1, -0.05) is 23.8 Å². The summed E-state index contributed by atoms with van der Waals surface area (Å²) in [6, 6.07) is 3.27. The van der Waals surface area contributed by atoms with E-state index >= 15 is 0 Å². The average molecular weight is 329 g/mol. The SMILES string of the molecule is C=CCN(CC=C)S(=O)(=O)c1cc(Cl)cc(CNC)c1C. The molecule has 0 radical (unpaired) electrons. The number of nitrogens with one attached hydrogen (secondary N) is 1. The summed E-state index contributed by atoms with van der Waals surface area (Å²) in [5.74, 6) is 0. The lowest BCUT2D eigenvalue weighted by Crippen LogP contribution is -2.32. The molecule has 0 heterocycles. The summed E-state index contributed by atoms with van der Waals surface area (Å²) in [5, 5.41) is 3.42. The molecule has 6 heteroatoms. The van der Waals surface area contributed by atoms with Crippen LogP contribution >= 0.6 is 11.6 Å². The molecule has 0 bridgehead atoms. The van der Waals surface area contributed by atoms with Gasteiger partial charge in [-0.15, -0.1) is 13.2 Å². The van der Waals surface area contributed by atoms with Crippen LogP contribution in [0.2, 0.25) is 5.02 Å². The van der Waals surface area contributed by atoms with Crippen LogP contribution in [-0.2, 0) is 16.6 Å². The van der Waals surface area contributed by atoms with Crippen LogP contribution in [0.4, 0.5) is 0 Å². The standard InChI is InChI=1S/C15H21ClN2O2S/c1-5-7-18(8-6-2)21(19,20)15-10-14(16)9-13(11-17-4)12(15)3/h5-6,9-10,17H,1-2,7-8,11H2,3-4H3. The van der Waals surface area contributed by atoms with Gasteiger partial charge < -0.3 is 5.32 Å². The van der Waals surface area contributed by atoms with Gasteiger partial charge in [-0.25, -0.2) is 8.42 Å². The molecule has 1 rings (SSSR count). The Labute approximate surface area is 132 Å². The number of benzene rings is 1. The van der Waals surface area contributed by atoms with Crippen LogP contribution in [-0.4, -0.2) is 32.9 Å². The summed E-state index contributed by atoms with van der Waals surface area (Å²) in [6.45, 7) is 9.99. The van der Waals surface area contributed by atoms with E-state index in [1.807, 2.05) is 0 Å². The first-order valence-electron chi connectivity index (χ1n) is 6.54. The zero-order valence-corrected chi connectivity index (χ0v) is 14.0. The van der Waals surface area contributed by atoms with Crippen molar-refractivity contribution in [3.8, 4) is 0 Å². The number of halogens is 1. The summed E-state index contributed by atoms with van der Waals surface area (Å²) < 4.78 is 26.9. The van der Waals surface area contributed by atoms with Crippen LogP contribution in [0.5, 0.6) is 0 Å². The lowest BCUT2D eigenvalue weighted by Gasteiger charge is -2.21. The number of rotatable bonds is 8. The number of hydrogen-bond acceptors (Lipinski definition) is 3. The van der Waals surface area contributed by atoms with Gasteiger partial charge in [0.15, 0.2) is 0 Å². The third-order valence-corrected chi connectivity index (χ3v) is 5.26. The highest BCUT2D eigenvalue weighted by molar-refractivity contribution is 7.89. The molecule has 0 aliphatic carbocycles. The van der Waals surface area contributed by atoms with Gasteiger partial charge in [0.25, 0.3) is 0 Å². The highest BCUT2D eigenvalue weighted by Crippen LogP contribution is 2.27. The Morgan fingerprint density at radius 1 is 1.29 bits per heavy atom. The molecule has 0 saturated carbocycles. The number of sulfonamides is 1. The Morgan fingerprint density at radius 3 is 2.33 bits per heavy atom. The van der Waals surface area contributed by atoms with Crippen LogP contribution in [0.15, 0.2) is 42.3 Å². The van der Waals surface area contributed by atoms with Gasteiger partial charge in [0.2, 0.25) is 10.0 Å². The largest absolute Gasteiger partial charge is 0.316 e. The van der Waals surface area contributed by atoms with Gasteiger partial charge in [0.05, 0.1) is 4.90 Å². The molecule has 0 saturated heterocycles. The number of nitrogens with zero attached hydrogens (tertiary/aromatic N) is 1. The first-order chi connectivity index (χ1) is 9.88. The molecule has 0 atom stereocenters. The summed E-state index contributed by atoms with van der Waals surface area (Å²) in [5.41, 5.74) is 1.56. The summed E-state index contributed by atoms with van der Waals surface area (Å²) >= 11 is 6.07. The van der Waals surface area contributed by atoms with Crippen LogP contribution in [0, 0.1) is 6.92 Å². The second kappa shape index (κ2) is 7.75. The topological polar surface area (TPSA) is 49.4 Å². The minimum atomic E-state index is -3.64. The fourth-order valence-electron chi connectivity index (χ4n) is 2.05. The van der Waals surface area contributed by atoms with Crippen molar-refractivity contribution in [3.63, 3.8) is 0 Å². The first kappa shape index (κ1) is 17.9. The average Bonchev–Trinajstić information content (AvgIpc) is 2.42. The van der Waals surface area contributed by atoms with E-state index in [2.05, 4.69) is 18.5 Å². The Hall–Kier alpha value is -1.14. The van der Waals surface area contributed by atoms with Crippen molar-refractivity contribution >= 4 is 21.6 Å². The zero-order chi connectivity index (χ0) is 16.0. The van der Waals surface area contributed by atoms with Gasteiger partial charge in [-0.3, -0.25) is 0 Å². The predicted octanol–water partition coefficient (Wildman–Crippen LogP) is 2.73. The van der Waals surface area contributed by atoms with E-state index in [1.54, 1.807) is 32.2 Å². The molecule has 1 aromatic rings. The first-order valence-corrected chi connectivity index (χ1v) is 8.35. The molecule has 0 amide bonds. The molecule has 0 fully saturated rings.